The summed E-state index contributed by atoms with van der Waals surface area (Å²) in [6.07, 6.45) is 4.37. The van der Waals surface area contributed by atoms with Crippen LogP contribution in [0.1, 0.15) is 20.3 Å². The maximum Gasteiger partial charge on any atom is 0.231 e. The summed E-state index contributed by atoms with van der Waals surface area (Å²) in [6, 6.07) is 0.310. The van der Waals surface area contributed by atoms with Crippen LogP contribution in [0, 0.1) is 0 Å². The number of nitrogens with one attached hydrogen (secondary N) is 1. The second-order valence-electron chi connectivity index (χ2n) is 3.53. The van der Waals surface area contributed by atoms with Crippen LogP contribution >= 0.6 is 0 Å². The van der Waals surface area contributed by atoms with Gasteiger partial charge in [0.25, 0.3) is 0 Å². The van der Waals surface area contributed by atoms with Crippen molar-refractivity contribution in [3.8, 4) is 0 Å². The fraction of sp³-hybridized carbons (Fsp3) is 0.700. The minimum absolute atomic E-state index is 0.310. The third-order valence-corrected chi connectivity index (χ3v) is 2.14. The zero-order chi connectivity index (χ0) is 10.6. The Balaban J connectivity index is 2.84. The highest BCUT2D eigenvalue weighted by atomic mass is 16.7. The topological polar surface area (TPSA) is 42.9 Å². The van der Waals surface area contributed by atoms with E-state index in [0.717, 1.165) is 5.84 Å². The molecule has 4 nitrogen and oxygen atoms in total. The van der Waals surface area contributed by atoms with Gasteiger partial charge in [0.2, 0.25) is 5.79 Å². The predicted molar refractivity (Wildman–Crippen MR) is 56.2 cm³/mol. The van der Waals surface area contributed by atoms with Crippen molar-refractivity contribution in [3.63, 3.8) is 0 Å². The lowest BCUT2D eigenvalue weighted by molar-refractivity contribution is -0.153. The van der Waals surface area contributed by atoms with Gasteiger partial charge in [-0.1, -0.05) is 6.08 Å². The molecule has 0 aromatic rings. The van der Waals surface area contributed by atoms with Crippen molar-refractivity contribution in [2.24, 2.45) is 4.99 Å². The molecule has 1 aliphatic rings. The number of hydrogen-bond donors (Lipinski definition) is 1. The van der Waals surface area contributed by atoms with Gasteiger partial charge in [0.05, 0.1) is 0 Å². The van der Waals surface area contributed by atoms with Crippen molar-refractivity contribution < 1.29 is 9.47 Å². The van der Waals surface area contributed by atoms with Crippen LogP contribution in [0.25, 0.3) is 0 Å². The van der Waals surface area contributed by atoms with E-state index in [-0.39, 0.29) is 0 Å². The lowest BCUT2D eigenvalue weighted by atomic mass is 10.1. The molecule has 1 aliphatic heterocycles. The van der Waals surface area contributed by atoms with Gasteiger partial charge in [-0.25, -0.2) is 4.99 Å². The van der Waals surface area contributed by atoms with Crippen molar-refractivity contribution in [2.45, 2.75) is 32.1 Å². The second kappa shape index (κ2) is 4.57. The van der Waals surface area contributed by atoms with Gasteiger partial charge >= 0.3 is 0 Å². The molecule has 1 heterocycles. The van der Waals surface area contributed by atoms with Gasteiger partial charge in [-0.2, -0.15) is 0 Å². The SMILES string of the molecule is COC1(OC)CC=CN=C1NC(C)C. The smallest absolute Gasteiger partial charge is 0.231 e. The number of methoxy groups -OCH3 is 2. The first-order valence-electron chi connectivity index (χ1n) is 4.75. The summed E-state index contributed by atoms with van der Waals surface area (Å²) in [4.78, 5) is 4.24. The quantitative estimate of drug-likeness (QED) is 0.695. The third kappa shape index (κ3) is 2.13. The molecule has 0 amide bonds. The van der Waals surface area contributed by atoms with Gasteiger partial charge in [-0.15, -0.1) is 0 Å². The van der Waals surface area contributed by atoms with Crippen LogP contribution in [0.5, 0.6) is 0 Å². The molecule has 0 aromatic heterocycles. The highest BCUT2D eigenvalue weighted by Gasteiger charge is 2.36. The molecule has 0 spiro atoms. The summed E-state index contributed by atoms with van der Waals surface area (Å²) in [5.41, 5.74) is 0. The van der Waals surface area contributed by atoms with E-state index in [4.69, 9.17) is 9.47 Å². The molecular formula is C10H18N2O2. The van der Waals surface area contributed by atoms with E-state index in [1.54, 1.807) is 20.4 Å². The van der Waals surface area contributed by atoms with E-state index >= 15 is 0 Å². The maximum atomic E-state index is 5.37. The molecule has 0 unspecified atom stereocenters. The molecule has 0 aromatic carbocycles. The molecule has 0 saturated carbocycles. The Labute approximate surface area is 85.0 Å². The van der Waals surface area contributed by atoms with Gasteiger partial charge in [-0.05, 0) is 13.8 Å². The van der Waals surface area contributed by atoms with Crippen molar-refractivity contribution in [2.75, 3.05) is 14.2 Å². The Bertz CT molecular complexity index is 243. The highest BCUT2D eigenvalue weighted by molar-refractivity contribution is 5.90. The lowest BCUT2D eigenvalue weighted by Crippen LogP contribution is -2.52. The van der Waals surface area contributed by atoms with Crippen LogP contribution < -0.4 is 5.32 Å². The van der Waals surface area contributed by atoms with Crippen LogP contribution in [0.2, 0.25) is 0 Å². The average Bonchev–Trinajstić information content (AvgIpc) is 2.18. The Morgan fingerprint density at radius 2 is 2.07 bits per heavy atom. The van der Waals surface area contributed by atoms with Crippen LogP contribution in [0.4, 0.5) is 0 Å². The molecule has 0 fully saturated rings. The first kappa shape index (κ1) is 11.2. The molecule has 80 valence electrons. The Hall–Kier alpha value is -0.870. The van der Waals surface area contributed by atoms with Crippen LogP contribution in [-0.2, 0) is 9.47 Å². The van der Waals surface area contributed by atoms with Gasteiger partial charge in [0.1, 0.15) is 0 Å². The molecule has 0 radical (unpaired) electrons. The van der Waals surface area contributed by atoms with E-state index in [2.05, 4.69) is 24.2 Å². The summed E-state index contributed by atoms with van der Waals surface area (Å²) in [5.74, 6) is -0.000972. The molecule has 0 saturated heterocycles. The van der Waals surface area contributed by atoms with E-state index in [1.807, 2.05) is 6.08 Å². The lowest BCUT2D eigenvalue weighted by Gasteiger charge is -2.33. The summed E-state index contributed by atoms with van der Waals surface area (Å²) in [6.45, 7) is 4.11. The van der Waals surface area contributed by atoms with Gasteiger partial charge in [-0.3, -0.25) is 0 Å². The minimum Gasteiger partial charge on any atom is -0.367 e. The van der Waals surface area contributed by atoms with Crippen LogP contribution in [0.15, 0.2) is 17.3 Å². The van der Waals surface area contributed by atoms with Gasteiger partial charge in [0.15, 0.2) is 5.84 Å². The standard InChI is InChI=1S/C10H18N2O2/c1-8(2)12-9-10(13-3,14-4)6-5-7-11-9/h5,7-8H,6H2,1-4H3,(H,11,12). The van der Waals surface area contributed by atoms with Crippen molar-refractivity contribution in [3.05, 3.63) is 12.3 Å². The number of aliphatic imine (C=N–C) groups is 1. The third-order valence-electron chi connectivity index (χ3n) is 2.14. The maximum absolute atomic E-state index is 5.37. The minimum atomic E-state index is -0.737. The number of amidine groups is 1. The first-order valence-corrected chi connectivity index (χ1v) is 4.75. The van der Waals surface area contributed by atoms with Gasteiger partial charge in [0, 0.05) is 32.9 Å². The number of rotatable bonds is 3. The van der Waals surface area contributed by atoms with Crippen LogP contribution in [-0.4, -0.2) is 31.9 Å². The van der Waals surface area contributed by atoms with Crippen LogP contribution in [0.3, 0.4) is 0 Å². The van der Waals surface area contributed by atoms with Crippen molar-refractivity contribution in [1.82, 2.24) is 5.32 Å². The largest absolute Gasteiger partial charge is 0.367 e. The average molecular weight is 198 g/mol. The Morgan fingerprint density at radius 3 is 2.57 bits per heavy atom. The monoisotopic (exact) mass is 198 g/mol. The molecule has 0 atom stereocenters. The highest BCUT2D eigenvalue weighted by Crippen LogP contribution is 2.21. The number of ether oxygens (including phenoxy) is 2. The second-order valence-corrected chi connectivity index (χ2v) is 3.53. The van der Waals surface area contributed by atoms with Crippen molar-refractivity contribution >= 4 is 5.84 Å². The van der Waals surface area contributed by atoms with Crippen molar-refractivity contribution in [1.29, 1.82) is 0 Å². The molecule has 0 aliphatic carbocycles. The van der Waals surface area contributed by atoms with E-state index in [9.17, 15) is 0 Å². The normalized spacial score (nSPS) is 19.6. The first-order chi connectivity index (χ1) is 6.64. The molecule has 1 N–H and O–H groups in total. The predicted octanol–water partition coefficient (Wildman–Crippen LogP) is 1.29. The van der Waals surface area contributed by atoms with Gasteiger partial charge < -0.3 is 14.8 Å². The molecule has 14 heavy (non-hydrogen) atoms. The Kier molecular flexibility index (Phi) is 3.66. The molecule has 0 bridgehead atoms. The zero-order valence-corrected chi connectivity index (χ0v) is 9.20. The summed E-state index contributed by atoms with van der Waals surface area (Å²) < 4.78 is 10.7. The summed E-state index contributed by atoms with van der Waals surface area (Å²) in [7, 11) is 3.25. The fourth-order valence-corrected chi connectivity index (χ4v) is 1.39. The number of nitrogens with zero attached hydrogens (tertiary/aromatic N) is 1. The fourth-order valence-electron chi connectivity index (χ4n) is 1.39. The molecule has 4 heteroatoms. The molecule has 1 rings (SSSR count). The Morgan fingerprint density at radius 1 is 1.43 bits per heavy atom. The van der Waals surface area contributed by atoms with E-state index in [1.165, 1.54) is 0 Å². The molecular weight excluding hydrogens is 180 g/mol. The number of hydrogen-bond acceptors (Lipinski definition) is 4. The zero-order valence-electron chi connectivity index (χ0n) is 9.20. The summed E-state index contributed by atoms with van der Waals surface area (Å²) >= 11 is 0. The summed E-state index contributed by atoms with van der Waals surface area (Å²) in [5, 5.41) is 3.22. The van der Waals surface area contributed by atoms with E-state index in [0.29, 0.717) is 12.5 Å². The van der Waals surface area contributed by atoms with E-state index < -0.39 is 5.79 Å².